The van der Waals surface area contributed by atoms with Crippen LogP contribution < -0.4 is 5.06 Å². The second-order valence-electron chi connectivity index (χ2n) is 6.50. The summed E-state index contributed by atoms with van der Waals surface area (Å²) in [4.78, 5) is 31.6. The van der Waals surface area contributed by atoms with Crippen molar-refractivity contribution in [3.63, 3.8) is 0 Å². The molecular weight excluding hydrogens is 362 g/mol. The van der Waals surface area contributed by atoms with E-state index in [1.165, 1.54) is 30.4 Å². The number of phenolic OH excluding ortho intramolecular Hbond substituents is 2. The Morgan fingerprint density at radius 2 is 1.64 bits per heavy atom. The maximum absolute atomic E-state index is 13.0. The van der Waals surface area contributed by atoms with Gasteiger partial charge in [0.15, 0.2) is 23.6 Å². The molecule has 0 saturated heterocycles. The van der Waals surface area contributed by atoms with Crippen LogP contribution in [-0.2, 0) is 9.57 Å². The number of fused-ring (bicyclic) bond motifs is 2. The number of hydroxylamine groups is 1. The number of nitrogens with zero attached hydrogens (tertiary/aromatic N) is 1. The van der Waals surface area contributed by atoms with Crippen LogP contribution >= 0.6 is 0 Å². The van der Waals surface area contributed by atoms with Gasteiger partial charge in [0, 0.05) is 30.8 Å². The molecule has 1 atom stereocenters. The lowest BCUT2D eigenvalue weighted by atomic mass is 9.82. The van der Waals surface area contributed by atoms with Gasteiger partial charge in [-0.3, -0.25) is 9.59 Å². The lowest BCUT2D eigenvalue weighted by molar-refractivity contribution is -0.134. The van der Waals surface area contributed by atoms with Crippen molar-refractivity contribution in [2.24, 2.45) is 0 Å². The van der Waals surface area contributed by atoms with Gasteiger partial charge in [0.05, 0.1) is 11.1 Å². The molecule has 148 valence electrons. The van der Waals surface area contributed by atoms with E-state index < -0.39 is 23.6 Å². The van der Waals surface area contributed by atoms with E-state index in [9.17, 15) is 19.8 Å². The summed E-state index contributed by atoms with van der Waals surface area (Å²) in [6, 6.07) is 7.59. The highest BCUT2D eigenvalue weighted by Crippen LogP contribution is 2.44. The van der Waals surface area contributed by atoms with Gasteiger partial charge < -0.3 is 14.9 Å². The Morgan fingerprint density at radius 1 is 1.04 bits per heavy atom. The van der Waals surface area contributed by atoms with Gasteiger partial charge in [-0.05, 0) is 12.8 Å². The van der Waals surface area contributed by atoms with E-state index in [1.807, 2.05) is 13.8 Å². The van der Waals surface area contributed by atoms with Crippen LogP contribution in [0.25, 0.3) is 0 Å². The number of anilines is 1. The monoisotopic (exact) mass is 385 g/mol. The second kappa shape index (κ2) is 8.00. The first kappa shape index (κ1) is 19.9. The van der Waals surface area contributed by atoms with Crippen molar-refractivity contribution in [3.05, 3.63) is 52.6 Å². The highest BCUT2D eigenvalue weighted by molar-refractivity contribution is 6.30. The lowest BCUT2D eigenvalue weighted by Crippen LogP contribution is -2.32. The first-order chi connectivity index (χ1) is 13.4. The van der Waals surface area contributed by atoms with Gasteiger partial charge in [-0.25, -0.2) is 9.90 Å². The number of ether oxygens (including phenoxy) is 1. The standard InChI is InChI=1S/C21H23NO6/c1-4-10-22(28-16(5-2)27-3)14-11-15(23)17-18(21(14)26)20(25)13-9-7-6-8-12(13)19(17)24/h6-9,11,16,23,26H,4-5,10H2,1-3H3. The van der Waals surface area contributed by atoms with E-state index in [0.717, 1.165) is 0 Å². The Bertz CT molecular complexity index is 919. The maximum atomic E-state index is 13.0. The van der Waals surface area contributed by atoms with E-state index in [0.29, 0.717) is 19.4 Å². The van der Waals surface area contributed by atoms with Gasteiger partial charge in [-0.2, -0.15) is 0 Å². The molecule has 0 aromatic heterocycles. The van der Waals surface area contributed by atoms with Crippen LogP contribution in [0.3, 0.4) is 0 Å². The maximum Gasteiger partial charge on any atom is 0.198 e. The summed E-state index contributed by atoms with van der Waals surface area (Å²) in [5, 5.41) is 22.8. The van der Waals surface area contributed by atoms with Crippen LogP contribution in [0.4, 0.5) is 5.69 Å². The molecule has 0 aliphatic heterocycles. The smallest absolute Gasteiger partial charge is 0.198 e. The molecule has 2 aromatic carbocycles. The van der Waals surface area contributed by atoms with Crippen molar-refractivity contribution in [1.29, 1.82) is 0 Å². The predicted molar refractivity (Wildman–Crippen MR) is 103 cm³/mol. The summed E-state index contributed by atoms with van der Waals surface area (Å²) in [6.07, 6.45) is 0.661. The number of methoxy groups -OCH3 is 1. The number of rotatable bonds is 7. The fourth-order valence-corrected chi connectivity index (χ4v) is 3.29. The second-order valence-corrected chi connectivity index (χ2v) is 6.50. The Balaban J connectivity index is 2.15. The van der Waals surface area contributed by atoms with Gasteiger partial charge >= 0.3 is 0 Å². The van der Waals surface area contributed by atoms with Crippen LogP contribution in [0.2, 0.25) is 0 Å². The van der Waals surface area contributed by atoms with E-state index in [2.05, 4.69) is 0 Å². The number of benzene rings is 2. The Morgan fingerprint density at radius 3 is 2.18 bits per heavy atom. The molecule has 28 heavy (non-hydrogen) atoms. The summed E-state index contributed by atoms with van der Waals surface area (Å²) in [6.45, 7) is 4.18. The van der Waals surface area contributed by atoms with Crippen molar-refractivity contribution in [2.75, 3.05) is 18.7 Å². The van der Waals surface area contributed by atoms with Crippen molar-refractivity contribution < 1.29 is 29.4 Å². The van der Waals surface area contributed by atoms with E-state index in [4.69, 9.17) is 9.57 Å². The SMILES string of the molecule is CCCN(OC(CC)OC)c1cc(O)c2c(c1O)C(=O)c1ccccc1C2=O. The van der Waals surface area contributed by atoms with Gasteiger partial charge in [-0.1, -0.05) is 38.1 Å². The molecule has 0 spiro atoms. The van der Waals surface area contributed by atoms with E-state index in [-0.39, 0.29) is 33.7 Å². The molecule has 1 aliphatic carbocycles. The minimum atomic E-state index is -0.567. The molecular formula is C21H23NO6. The number of hydrogen-bond donors (Lipinski definition) is 2. The normalized spacial score (nSPS) is 13.8. The van der Waals surface area contributed by atoms with Gasteiger partial charge in [0.2, 0.25) is 0 Å². The fraction of sp³-hybridized carbons (Fsp3) is 0.333. The third-order valence-corrected chi connectivity index (χ3v) is 4.67. The predicted octanol–water partition coefficient (Wildman–Crippen LogP) is 3.40. The first-order valence-corrected chi connectivity index (χ1v) is 9.18. The van der Waals surface area contributed by atoms with Crippen LogP contribution in [0.15, 0.2) is 30.3 Å². The summed E-state index contributed by atoms with van der Waals surface area (Å²) < 4.78 is 5.24. The molecule has 3 rings (SSSR count). The number of aromatic hydroxyl groups is 2. The van der Waals surface area contributed by atoms with Crippen molar-refractivity contribution in [1.82, 2.24) is 0 Å². The Kier molecular flexibility index (Phi) is 5.67. The molecule has 2 N–H and O–H groups in total. The first-order valence-electron chi connectivity index (χ1n) is 9.18. The fourth-order valence-electron chi connectivity index (χ4n) is 3.29. The molecule has 1 unspecified atom stereocenters. The minimum absolute atomic E-state index is 0.106. The highest BCUT2D eigenvalue weighted by atomic mass is 16.8. The Labute approximate surface area is 163 Å². The largest absolute Gasteiger partial charge is 0.507 e. The number of hydrogen-bond acceptors (Lipinski definition) is 7. The molecule has 0 amide bonds. The molecule has 7 nitrogen and oxygen atoms in total. The minimum Gasteiger partial charge on any atom is -0.507 e. The zero-order chi connectivity index (χ0) is 20.4. The molecule has 0 heterocycles. The average Bonchev–Trinajstić information content (AvgIpc) is 2.70. The highest BCUT2D eigenvalue weighted by Gasteiger charge is 2.36. The summed E-state index contributed by atoms with van der Waals surface area (Å²) in [7, 11) is 1.50. The van der Waals surface area contributed by atoms with Gasteiger partial charge in [0.1, 0.15) is 11.4 Å². The van der Waals surface area contributed by atoms with E-state index >= 15 is 0 Å². The van der Waals surface area contributed by atoms with Gasteiger partial charge in [0.25, 0.3) is 0 Å². The van der Waals surface area contributed by atoms with Crippen molar-refractivity contribution >= 4 is 17.3 Å². The zero-order valence-corrected chi connectivity index (χ0v) is 16.1. The summed E-state index contributed by atoms with van der Waals surface area (Å²) in [5.74, 6) is -1.81. The third kappa shape index (κ3) is 3.23. The molecule has 2 aromatic rings. The summed E-state index contributed by atoms with van der Waals surface area (Å²) >= 11 is 0. The number of carbonyl (C=O) groups is 2. The molecule has 7 heteroatoms. The quantitative estimate of drug-likeness (QED) is 0.365. The number of carbonyl (C=O) groups excluding carboxylic acids is 2. The molecule has 0 bridgehead atoms. The van der Waals surface area contributed by atoms with Crippen LogP contribution in [0.1, 0.15) is 58.5 Å². The summed E-state index contributed by atoms with van der Waals surface area (Å²) in [5.41, 5.74) is 0.0934. The lowest BCUT2D eigenvalue weighted by Gasteiger charge is -2.29. The van der Waals surface area contributed by atoms with Crippen molar-refractivity contribution in [3.8, 4) is 11.5 Å². The zero-order valence-electron chi connectivity index (χ0n) is 16.1. The van der Waals surface area contributed by atoms with Gasteiger partial charge in [-0.15, -0.1) is 0 Å². The molecule has 0 fully saturated rings. The molecule has 0 saturated carbocycles. The molecule has 0 radical (unpaired) electrons. The van der Waals surface area contributed by atoms with E-state index in [1.54, 1.807) is 12.1 Å². The third-order valence-electron chi connectivity index (χ3n) is 4.67. The van der Waals surface area contributed by atoms with Crippen LogP contribution in [0, 0.1) is 0 Å². The van der Waals surface area contributed by atoms with Crippen molar-refractivity contribution in [2.45, 2.75) is 33.0 Å². The van der Waals surface area contributed by atoms with Crippen LogP contribution in [-0.4, -0.2) is 41.7 Å². The topological polar surface area (TPSA) is 96.3 Å². The Hall–Kier alpha value is -2.90. The van der Waals surface area contributed by atoms with Crippen LogP contribution in [0.5, 0.6) is 11.5 Å². The number of ketones is 2. The number of phenols is 2. The molecule has 1 aliphatic rings. The average molecular weight is 385 g/mol.